The minimum atomic E-state index is -1.90. The molecule has 1 aromatic heterocycles. The smallest absolute Gasteiger partial charge is 0.274 e. The van der Waals surface area contributed by atoms with Crippen LogP contribution in [0.4, 0.5) is 5.82 Å². The number of alkyl halides is 3. The molecule has 2 heterocycles. The Bertz CT molecular complexity index is 696. The number of amides is 1. The molecule has 1 saturated heterocycles. The van der Waals surface area contributed by atoms with Crippen molar-refractivity contribution >= 4 is 57.6 Å². The van der Waals surface area contributed by atoms with Crippen molar-refractivity contribution in [1.29, 1.82) is 0 Å². The van der Waals surface area contributed by atoms with Crippen LogP contribution in [0.1, 0.15) is 0 Å². The van der Waals surface area contributed by atoms with Gasteiger partial charge >= 0.3 is 0 Å². The lowest BCUT2D eigenvalue weighted by atomic mass is 10.3. The van der Waals surface area contributed by atoms with E-state index in [0.29, 0.717) is 26.2 Å². The monoisotopic (exact) mass is 358 g/mol. The van der Waals surface area contributed by atoms with E-state index in [1.54, 1.807) is 11.1 Å². The van der Waals surface area contributed by atoms with Crippen LogP contribution in [0.15, 0.2) is 30.5 Å². The molecular weight excluding hydrogens is 347 g/mol. The fourth-order valence-electron chi connectivity index (χ4n) is 2.42. The molecule has 22 heavy (non-hydrogen) atoms. The number of rotatable bonds is 1. The largest absolute Gasteiger partial charge is 0.352 e. The van der Waals surface area contributed by atoms with Crippen molar-refractivity contribution in [2.75, 3.05) is 31.1 Å². The molecular formula is C14H13Cl3N4O. The molecule has 2 aromatic rings. The van der Waals surface area contributed by atoms with Crippen LogP contribution in [0.5, 0.6) is 0 Å². The summed E-state index contributed by atoms with van der Waals surface area (Å²) < 4.78 is -1.90. The number of hydrogen-bond donors (Lipinski definition) is 0. The Morgan fingerprint density at radius 3 is 2.32 bits per heavy atom. The molecule has 0 bridgehead atoms. The van der Waals surface area contributed by atoms with Gasteiger partial charge in [0.15, 0.2) is 0 Å². The molecule has 0 aliphatic carbocycles. The highest BCUT2D eigenvalue weighted by molar-refractivity contribution is 6.76. The summed E-state index contributed by atoms with van der Waals surface area (Å²) in [6, 6.07) is 7.70. The Labute approximate surface area is 142 Å². The molecule has 5 nitrogen and oxygen atoms in total. The zero-order chi connectivity index (χ0) is 15.7. The first-order chi connectivity index (χ1) is 10.4. The number of piperazine rings is 1. The summed E-state index contributed by atoms with van der Waals surface area (Å²) in [6.45, 7) is 2.22. The summed E-state index contributed by atoms with van der Waals surface area (Å²) >= 11 is 16.9. The van der Waals surface area contributed by atoms with E-state index in [0.717, 1.165) is 16.9 Å². The number of hydrogen-bond acceptors (Lipinski definition) is 4. The van der Waals surface area contributed by atoms with Crippen molar-refractivity contribution in [3.8, 4) is 0 Å². The maximum absolute atomic E-state index is 11.9. The SMILES string of the molecule is O=C(N1CCN(c2cnc3ccccc3n2)CC1)C(Cl)(Cl)Cl. The molecule has 116 valence electrons. The number of anilines is 1. The van der Waals surface area contributed by atoms with E-state index < -0.39 is 9.70 Å². The van der Waals surface area contributed by atoms with E-state index in [-0.39, 0.29) is 0 Å². The Morgan fingerprint density at radius 2 is 1.68 bits per heavy atom. The molecule has 1 aliphatic rings. The quantitative estimate of drug-likeness (QED) is 0.735. The fraction of sp³-hybridized carbons (Fsp3) is 0.357. The van der Waals surface area contributed by atoms with Crippen LogP contribution < -0.4 is 4.90 Å². The average Bonchev–Trinajstić information content (AvgIpc) is 2.53. The normalized spacial score (nSPS) is 16.1. The molecule has 1 aliphatic heterocycles. The van der Waals surface area contributed by atoms with Gasteiger partial charge in [0, 0.05) is 26.2 Å². The van der Waals surface area contributed by atoms with Gasteiger partial charge in [-0.05, 0) is 12.1 Å². The van der Waals surface area contributed by atoms with Crippen molar-refractivity contribution in [1.82, 2.24) is 14.9 Å². The van der Waals surface area contributed by atoms with E-state index in [9.17, 15) is 4.79 Å². The Balaban J connectivity index is 1.71. The van der Waals surface area contributed by atoms with Crippen LogP contribution in [0.2, 0.25) is 0 Å². The lowest BCUT2D eigenvalue weighted by Gasteiger charge is -2.36. The number of carbonyl (C=O) groups excluding carboxylic acids is 1. The maximum Gasteiger partial charge on any atom is 0.274 e. The Kier molecular flexibility index (Phi) is 4.30. The average molecular weight is 360 g/mol. The van der Waals surface area contributed by atoms with E-state index in [1.165, 1.54) is 0 Å². The standard InChI is InChI=1S/C14H13Cl3N4O/c15-14(16,17)13(22)21-7-5-20(6-8-21)12-9-18-10-3-1-2-4-11(10)19-12/h1-4,9H,5-8H2. The van der Waals surface area contributed by atoms with Gasteiger partial charge in [0.25, 0.3) is 9.70 Å². The highest BCUT2D eigenvalue weighted by Crippen LogP contribution is 2.29. The van der Waals surface area contributed by atoms with Gasteiger partial charge in [0.05, 0.1) is 17.2 Å². The summed E-state index contributed by atoms with van der Waals surface area (Å²) in [4.78, 5) is 24.5. The predicted molar refractivity (Wildman–Crippen MR) is 88.6 cm³/mol. The molecule has 0 unspecified atom stereocenters. The topological polar surface area (TPSA) is 49.3 Å². The fourth-order valence-corrected chi connectivity index (χ4v) is 2.78. The molecule has 3 rings (SSSR count). The second-order valence-electron chi connectivity index (χ2n) is 4.99. The Morgan fingerprint density at radius 1 is 1.05 bits per heavy atom. The van der Waals surface area contributed by atoms with Gasteiger partial charge in [-0.2, -0.15) is 0 Å². The lowest BCUT2D eigenvalue weighted by molar-refractivity contribution is -0.130. The summed E-state index contributed by atoms with van der Waals surface area (Å²) in [5, 5.41) is 0. The molecule has 8 heteroatoms. The number of halogens is 3. The number of para-hydroxylation sites is 2. The maximum atomic E-state index is 11.9. The van der Waals surface area contributed by atoms with Gasteiger partial charge in [0.2, 0.25) is 0 Å². The molecule has 1 aromatic carbocycles. The molecule has 0 spiro atoms. The molecule has 1 fully saturated rings. The van der Waals surface area contributed by atoms with Gasteiger partial charge in [-0.15, -0.1) is 0 Å². The van der Waals surface area contributed by atoms with Crippen molar-refractivity contribution in [3.05, 3.63) is 30.5 Å². The van der Waals surface area contributed by atoms with E-state index >= 15 is 0 Å². The van der Waals surface area contributed by atoms with Crippen LogP contribution in [0.25, 0.3) is 11.0 Å². The van der Waals surface area contributed by atoms with E-state index in [2.05, 4.69) is 14.9 Å². The first kappa shape index (κ1) is 15.6. The van der Waals surface area contributed by atoms with Gasteiger partial charge in [-0.25, -0.2) is 4.98 Å². The number of aromatic nitrogens is 2. The van der Waals surface area contributed by atoms with E-state index in [1.807, 2.05) is 24.3 Å². The number of carbonyl (C=O) groups is 1. The van der Waals surface area contributed by atoms with Crippen molar-refractivity contribution in [2.24, 2.45) is 0 Å². The highest BCUT2D eigenvalue weighted by atomic mass is 35.6. The van der Waals surface area contributed by atoms with Crippen LogP contribution in [0.3, 0.4) is 0 Å². The highest BCUT2D eigenvalue weighted by Gasteiger charge is 2.36. The third-order valence-corrected chi connectivity index (χ3v) is 4.05. The van der Waals surface area contributed by atoms with Gasteiger partial charge in [-0.3, -0.25) is 9.78 Å². The zero-order valence-electron chi connectivity index (χ0n) is 11.5. The molecule has 0 radical (unpaired) electrons. The number of fused-ring (bicyclic) bond motifs is 1. The van der Waals surface area contributed by atoms with Crippen LogP contribution in [0, 0.1) is 0 Å². The number of benzene rings is 1. The summed E-state index contributed by atoms with van der Waals surface area (Å²) in [5.41, 5.74) is 1.70. The molecule has 0 saturated carbocycles. The number of nitrogens with zero attached hydrogens (tertiary/aromatic N) is 4. The second-order valence-corrected chi connectivity index (χ2v) is 7.28. The molecule has 0 atom stereocenters. The van der Waals surface area contributed by atoms with Gasteiger partial charge < -0.3 is 9.80 Å². The first-order valence-electron chi connectivity index (χ1n) is 6.78. The van der Waals surface area contributed by atoms with Crippen LogP contribution >= 0.6 is 34.8 Å². The van der Waals surface area contributed by atoms with Crippen molar-refractivity contribution in [3.63, 3.8) is 0 Å². The third-order valence-electron chi connectivity index (χ3n) is 3.57. The second kappa shape index (κ2) is 6.07. The summed E-state index contributed by atoms with van der Waals surface area (Å²) in [6.07, 6.45) is 1.74. The molecule has 1 amide bonds. The predicted octanol–water partition coefficient (Wildman–Crippen LogP) is 2.65. The Hall–Kier alpha value is -1.30. The van der Waals surface area contributed by atoms with Crippen molar-refractivity contribution < 1.29 is 4.79 Å². The zero-order valence-corrected chi connectivity index (χ0v) is 13.8. The summed E-state index contributed by atoms with van der Waals surface area (Å²) in [7, 11) is 0. The van der Waals surface area contributed by atoms with Crippen molar-refractivity contribution in [2.45, 2.75) is 3.79 Å². The molecule has 0 N–H and O–H groups in total. The summed E-state index contributed by atoms with van der Waals surface area (Å²) in [5.74, 6) is 0.307. The first-order valence-corrected chi connectivity index (χ1v) is 7.91. The minimum Gasteiger partial charge on any atom is -0.352 e. The van der Waals surface area contributed by atoms with Gasteiger partial charge in [0.1, 0.15) is 5.82 Å². The lowest BCUT2D eigenvalue weighted by Crippen LogP contribution is -2.52. The van der Waals surface area contributed by atoms with E-state index in [4.69, 9.17) is 34.8 Å². The third kappa shape index (κ3) is 3.21. The van der Waals surface area contributed by atoms with Gasteiger partial charge in [-0.1, -0.05) is 46.9 Å². The van der Waals surface area contributed by atoms with Crippen LogP contribution in [-0.2, 0) is 4.79 Å². The minimum absolute atomic E-state index is 0.484. The van der Waals surface area contributed by atoms with Crippen LogP contribution in [-0.4, -0.2) is 50.7 Å².